The van der Waals surface area contributed by atoms with Crippen molar-refractivity contribution in [2.75, 3.05) is 0 Å². The van der Waals surface area contributed by atoms with Crippen molar-refractivity contribution in [2.45, 2.75) is 12.8 Å². The fourth-order valence-electron chi connectivity index (χ4n) is 4.57. The molecule has 0 heterocycles. The second-order valence-electron chi connectivity index (χ2n) is 8.38. The first kappa shape index (κ1) is 23.0. The van der Waals surface area contributed by atoms with E-state index in [1.54, 1.807) is 6.07 Å². The van der Waals surface area contributed by atoms with Gasteiger partial charge in [0, 0.05) is 6.42 Å². The Balaban J connectivity index is 1.81. The first-order chi connectivity index (χ1) is 17.1. The molecule has 0 aromatic heterocycles. The maximum absolute atomic E-state index is 14.9. The molecule has 0 unspecified atom stereocenters. The smallest absolute Gasteiger partial charge is 0.303 e. The summed E-state index contributed by atoms with van der Waals surface area (Å²) in [5, 5.41) is 14.7. The fourth-order valence-corrected chi connectivity index (χ4v) is 7.04. The minimum Gasteiger partial charge on any atom is -0.481 e. The minimum atomic E-state index is -1.05. The molecule has 0 aliphatic rings. The van der Waals surface area contributed by atoms with E-state index >= 15 is 0 Å². The van der Waals surface area contributed by atoms with Gasteiger partial charge in [0.05, 0.1) is 0 Å². The molecule has 0 bridgehead atoms. The number of hydrogen-bond donors (Lipinski definition) is 1. The SMILES string of the molecule is O=C(O)CCc1ccc2ccccc2c1-c1ccc(F)cc1P(c1ccccc1)c1ccccc1. The molecule has 0 saturated heterocycles. The number of carbonyl (C=O) groups is 1. The van der Waals surface area contributed by atoms with Gasteiger partial charge < -0.3 is 5.11 Å². The van der Waals surface area contributed by atoms with E-state index < -0.39 is 13.9 Å². The Bertz CT molecular complexity index is 1440. The summed E-state index contributed by atoms with van der Waals surface area (Å²) in [5.74, 6) is -1.12. The molecule has 2 nitrogen and oxygen atoms in total. The standard InChI is InChI=1S/C31H24FO2P/c32-24-18-19-28(31-23(17-20-30(33)34)16-15-22-9-7-8-14-27(22)31)29(21-24)35(25-10-3-1-4-11-25)26-12-5-2-6-13-26/h1-16,18-19,21H,17,20H2,(H,33,34). The Morgan fingerprint density at radius 3 is 2.03 bits per heavy atom. The summed E-state index contributed by atoms with van der Waals surface area (Å²) < 4.78 is 14.9. The molecule has 1 N–H and O–H groups in total. The van der Waals surface area contributed by atoms with Gasteiger partial charge in [0.15, 0.2) is 0 Å². The zero-order valence-electron chi connectivity index (χ0n) is 19.1. The average Bonchev–Trinajstić information content (AvgIpc) is 2.89. The first-order valence-corrected chi connectivity index (χ1v) is 12.9. The summed E-state index contributed by atoms with van der Waals surface area (Å²) in [5.41, 5.74) is 2.89. The highest BCUT2D eigenvalue weighted by Gasteiger charge is 2.23. The molecule has 0 atom stereocenters. The highest BCUT2D eigenvalue weighted by molar-refractivity contribution is 7.80. The van der Waals surface area contributed by atoms with Crippen LogP contribution in [0.2, 0.25) is 0 Å². The van der Waals surface area contributed by atoms with E-state index in [0.29, 0.717) is 6.42 Å². The van der Waals surface area contributed by atoms with E-state index in [1.165, 1.54) is 6.07 Å². The van der Waals surface area contributed by atoms with Crippen molar-refractivity contribution in [2.24, 2.45) is 0 Å². The number of aliphatic carboxylic acids is 1. The molecule has 5 rings (SSSR count). The van der Waals surface area contributed by atoms with Crippen molar-refractivity contribution in [1.82, 2.24) is 0 Å². The summed E-state index contributed by atoms with van der Waals surface area (Å²) in [6.07, 6.45) is 0.439. The molecule has 0 saturated carbocycles. The maximum Gasteiger partial charge on any atom is 0.303 e. The Morgan fingerprint density at radius 1 is 0.743 bits per heavy atom. The maximum atomic E-state index is 14.9. The molecule has 5 aromatic carbocycles. The summed E-state index contributed by atoms with van der Waals surface area (Å²) in [7, 11) is -1.05. The average molecular weight is 479 g/mol. The third kappa shape index (κ3) is 4.87. The van der Waals surface area contributed by atoms with Gasteiger partial charge in [-0.2, -0.15) is 0 Å². The number of halogens is 1. The van der Waals surface area contributed by atoms with Crippen molar-refractivity contribution in [3.63, 3.8) is 0 Å². The van der Waals surface area contributed by atoms with Crippen molar-refractivity contribution >= 4 is 40.6 Å². The number of carboxylic acid groups (broad SMARTS) is 1. The Kier molecular flexibility index (Phi) is 6.70. The fraction of sp³-hybridized carbons (Fsp3) is 0.0645. The lowest BCUT2D eigenvalue weighted by Crippen LogP contribution is -2.22. The molecule has 0 fully saturated rings. The molecule has 4 heteroatoms. The van der Waals surface area contributed by atoms with Gasteiger partial charge in [-0.15, -0.1) is 0 Å². The largest absolute Gasteiger partial charge is 0.481 e. The van der Waals surface area contributed by atoms with E-state index in [0.717, 1.165) is 43.4 Å². The first-order valence-electron chi connectivity index (χ1n) is 11.5. The number of benzene rings is 5. The van der Waals surface area contributed by atoms with Crippen molar-refractivity contribution in [3.8, 4) is 11.1 Å². The van der Waals surface area contributed by atoms with Crippen LogP contribution >= 0.6 is 7.92 Å². The lowest BCUT2D eigenvalue weighted by atomic mass is 9.91. The molecule has 172 valence electrons. The predicted molar refractivity (Wildman–Crippen MR) is 144 cm³/mol. The Morgan fingerprint density at radius 2 is 1.37 bits per heavy atom. The molecular weight excluding hydrogens is 454 g/mol. The molecule has 0 spiro atoms. The molecule has 5 aromatic rings. The monoisotopic (exact) mass is 478 g/mol. The van der Waals surface area contributed by atoms with Crippen molar-refractivity contribution in [1.29, 1.82) is 0 Å². The molecule has 35 heavy (non-hydrogen) atoms. The predicted octanol–water partition coefficient (Wildman–Crippen LogP) is 6.42. The van der Waals surface area contributed by atoms with Crippen LogP contribution in [0.15, 0.2) is 115 Å². The molecule has 0 amide bonds. The van der Waals surface area contributed by atoms with Gasteiger partial charge in [0.1, 0.15) is 5.82 Å². The van der Waals surface area contributed by atoms with Crippen LogP contribution in [-0.2, 0) is 11.2 Å². The van der Waals surface area contributed by atoms with Crippen molar-refractivity contribution < 1.29 is 14.3 Å². The zero-order chi connectivity index (χ0) is 24.2. The van der Waals surface area contributed by atoms with E-state index in [9.17, 15) is 14.3 Å². The van der Waals surface area contributed by atoms with Crippen LogP contribution in [-0.4, -0.2) is 11.1 Å². The number of rotatable bonds is 7. The Hall–Kier alpha value is -3.81. The number of aryl methyl sites for hydroxylation is 1. The number of fused-ring (bicyclic) bond motifs is 1. The minimum absolute atomic E-state index is 0.0357. The summed E-state index contributed by atoms with van der Waals surface area (Å²) in [6.45, 7) is 0. The van der Waals surface area contributed by atoms with Crippen LogP contribution in [0.5, 0.6) is 0 Å². The van der Waals surface area contributed by atoms with Gasteiger partial charge in [-0.05, 0) is 69.9 Å². The topological polar surface area (TPSA) is 37.3 Å². The van der Waals surface area contributed by atoms with Gasteiger partial charge >= 0.3 is 5.97 Å². The summed E-state index contributed by atoms with van der Waals surface area (Å²) >= 11 is 0. The van der Waals surface area contributed by atoms with Crippen LogP contribution in [0.3, 0.4) is 0 Å². The number of carboxylic acids is 1. The van der Waals surface area contributed by atoms with Crippen molar-refractivity contribution in [3.05, 3.63) is 127 Å². The van der Waals surface area contributed by atoms with Gasteiger partial charge in [0.25, 0.3) is 0 Å². The van der Waals surface area contributed by atoms with E-state index in [2.05, 4.69) is 36.4 Å². The normalized spacial score (nSPS) is 11.1. The lowest BCUT2D eigenvalue weighted by molar-refractivity contribution is -0.136. The van der Waals surface area contributed by atoms with E-state index in [-0.39, 0.29) is 12.2 Å². The summed E-state index contributed by atoms with van der Waals surface area (Å²) in [4.78, 5) is 11.4. The highest BCUT2D eigenvalue weighted by Crippen LogP contribution is 2.40. The van der Waals surface area contributed by atoms with Crippen LogP contribution < -0.4 is 15.9 Å². The van der Waals surface area contributed by atoms with E-state index in [1.807, 2.05) is 66.7 Å². The van der Waals surface area contributed by atoms with Crippen LogP contribution in [0, 0.1) is 5.82 Å². The van der Waals surface area contributed by atoms with Gasteiger partial charge in [-0.1, -0.05) is 103 Å². The van der Waals surface area contributed by atoms with Gasteiger partial charge in [-0.25, -0.2) is 4.39 Å². The highest BCUT2D eigenvalue weighted by atomic mass is 31.1. The second kappa shape index (κ2) is 10.2. The number of hydrogen-bond acceptors (Lipinski definition) is 1. The van der Waals surface area contributed by atoms with Crippen LogP contribution in [0.25, 0.3) is 21.9 Å². The second-order valence-corrected chi connectivity index (χ2v) is 10.6. The third-order valence-corrected chi connectivity index (χ3v) is 8.60. The van der Waals surface area contributed by atoms with Crippen LogP contribution in [0.4, 0.5) is 4.39 Å². The van der Waals surface area contributed by atoms with E-state index in [4.69, 9.17) is 0 Å². The molecule has 0 aliphatic carbocycles. The zero-order valence-corrected chi connectivity index (χ0v) is 20.0. The quantitative estimate of drug-likeness (QED) is 0.274. The lowest BCUT2D eigenvalue weighted by Gasteiger charge is -2.24. The summed E-state index contributed by atoms with van der Waals surface area (Å²) in [6, 6.07) is 37.6. The molecular formula is C31H24FO2P. The third-order valence-electron chi connectivity index (χ3n) is 6.12. The Labute approximate surface area is 205 Å². The van der Waals surface area contributed by atoms with Gasteiger partial charge in [0.2, 0.25) is 0 Å². The molecule has 0 radical (unpaired) electrons. The van der Waals surface area contributed by atoms with Gasteiger partial charge in [-0.3, -0.25) is 4.79 Å². The van der Waals surface area contributed by atoms with Crippen LogP contribution in [0.1, 0.15) is 12.0 Å². The molecule has 0 aliphatic heterocycles.